The lowest BCUT2D eigenvalue weighted by Gasteiger charge is -2.09. The fourth-order valence-electron chi connectivity index (χ4n) is 1.28. The van der Waals surface area contributed by atoms with Crippen molar-refractivity contribution in [3.63, 3.8) is 0 Å². The molecular formula is C13H18N2O3S. The van der Waals surface area contributed by atoms with Crippen molar-refractivity contribution in [1.82, 2.24) is 5.32 Å². The Labute approximate surface area is 117 Å². The average Bonchev–Trinajstić information content (AvgIpc) is 2.37. The Morgan fingerprint density at radius 2 is 1.89 bits per heavy atom. The van der Waals surface area contributed by atoms with E-state index in [0.29, 0.717) is 0 Å². The van der Waals surface area contributed by atoms with Crippen molar-refractivity contribution in [2.45, 2.75) is 26.5 Å². The van der Waals surface area contributed by atoms with E-state index in [1.807, 2.05) is 13.8 Å². The van der Waals surface area contributed by atoms with Crippen molar-refractivity contribution < 1.29 is 14.3 Å². The molecule has 0 aliphatic heterocycles. The Hall–Kier alpha value is -1.69. The molecule has 6 heteroatoms. The van der Waals surface area contributed by atoms with Gasteiger partial charge in [-0.3, -0.25) is 4.79 Å². The molecule has 0 atom stereocenters. The van der Waals surface area contributed by atoms with Crippen LogP contribution in [0.3, 0.4) is 0 Å². The molecule has 104 valence electrons. The summed E-state index contributed by atoms with van der Waals surface area (Å²) in [5.41, 5.74) is 1.58. The summed E-state index contributed by atoms with van der Waals surface area (Å²) in [5, 5.41) is 5.24. The Kier molecular flexibility index (Phi) is 6.21. The first-order valence-electron chi connectivity index (χ1n) is 5.88. The highest BCUT2D eigenvalue weighted by Gasteiger charge is 2.04. The molecule has 1 aromatic rings. The van der Waals surface area contributed by atoms with Crippen molar-refractivity contribution in [2.75, 3.05) is 11.6 Å². The van der Waals surface area contributed by atoms with Gasteiger partial charge in [0, 0.05) is 11.7 Å². The maximum atomic E-state index is 11.3. The summed E-state index contributed by atoms with van der Waals surface area (Å²) in [6.07, 6.45) is 1.28. The first-order chi connectivity index (χ1) is 9.01. The van der Waals surface area contributed by atoms with Crippen molar-refractivity contribution in [1.29, 1.82) is 0 Å². The molecule has 0 unspecified atom stereocenters. The molecule has 1 aromatic carbocycles. The zero-order chi connectivity index (χ0) is 14.3. The quantitative estimate of drug-likeness (QED) is 0.889. The number of carbonyl (C=O) groups is 2. The number of benzene rings is 1. The molecule has 1 rings (SSSR count). The molecular weight excluding hydrogens is 264 g/mol. The van der Waals surface area contributed by atoms with E-state index in [-0.39, 0.29) is 17.9 Å². The number of amides is 2. The SMILES string of the molecule is CSC(=O)Nc1ccc(COC(=O)NC(C)C)cc1. The number of anilines is 1. The minimum absolute atomic E-state index is 0.0524. The second-order valence-corrected chi connectivity index (χ2v) is 4.97. The molecule has 0 bridgehead atoms. The minimum Gasteiger partial charge on any atom is -0.445 e. The number of carbonyl (C=O) groups excluding carboxylic acids is 2. The number of rotatable bonds is 4. The largest absolute Gasteiger partial charge is 0.445 e. The lowest BCUT2D eigenvalue weighted by atomic mass is 10.2. The predicted octanol–water partition coefficient (Wildman–Crippen LogP) is 3.22. The van der Waals surface area contributed by atoms with Gasteiger partial charge in [0.2, 0.25) is 0 Å². The summed E-state index contributed by atoms with van der Waals surface area (Å²) in [7, 11) is 0. The Morgan fingerprint density at radius 3 is 2.42 bits per heavy atom. The van der Waals surface area contributed by atoms with Gasteiger partial charge >= 0.3 is 6.09 Å². The monoisotopic (exact) mass is 282 g/mol. The van der Waals surface area contributed by atoms with E-state index in [1.165, 1.54) is 0 Å². The Bertz CT molecular complexity index is 432. The van der Waals surface area contributed by atoms with E-state index in [1.54, 1.807) is 30.5 Å². The zero-order valence-electron chi connectivity index (χ0n) is 11.2. The highest BCUT2D eigenvalue weighted by molar-refractivity contribution is 8.13. The van der Waals surface area contributed by atoms with Crippen LogP contribution in [-0.4, -0.2) is 23.6 Å². The third-order valence-corrected chi connectivity index (χ3v) is 2.64. The van der Waals surface area contributed by atoms with E-state index in [0.717, 1.165) is 23.0 Å². The van der Waals surface area contributed by atoms with Crippen LogP contribution in [0.15, 0.2) is 24.3 Å². The van der Waals surface area contributed by atoms with Crippen LogP contribution in [0.4, 0.5) is 15.3 Å². The fourth-order valence-corrected chi connectivity index (χ4v) is 1.50. The number of alkyl carbamates (subject to hydrolysis) is 1. The minimum atomic E-state index is -0.435. The molecule has 0 saturated heterocycles. The van der Waals surface area contributed by atoms with Crippen molar-refractivity contribution in [3.05, 3.63) is 29.8 Å². The van der Waals surface area contributed by atoms with Crippen LogP contribution in [0.25, 0.3) is 0 Å². The van der Waals surface area contributed by atoms with Gasteiger partial charge in [0.15, 0.2) is 0 Å². The van der Waals surface area contributed by atoms with Gasteiger partial charge in [0.05, 0.1) is 0 Å². The van der Waals surface area contributed by atoms with Gasteiger partial charge in [-0.15, -0.1) is 0 Å². The van der Waals surface area contributed by atoms with Crippen LogP contribution in [0.1, 0.15) is 19.4 Å². The highest BCUT2D eigenvalue weighted by atomic mass is 32.2. The van der Waals surface area contributed by atoms with Crippen molar-refractivity contribution in [2.24, 2.45) is 0 Å². The molecule has 0 aliphatic rings. The molecule has 2 N–H and O–H groups in total. The predicted molar refractivity (Wildman–Crippen MR) is 77.4 cm³/mol. The van der Waals surface area contributed by atoms with E-state index >= 15 is 0 Å². The van der Waals surface area contributed by atoms with E-state index in [9.17, 15) is 9.59 Å². The maximum absolute atomic E-state index is 11.3. The number of nitrogens with one attached hydrogen (secondary N) is 2. The average molecular weight is 282 g/mol. The van der Waals surface area contributed by atoms with Crippen LogP contribution in [0.5, 0.6) is 0 Å². The first kappa shape index (κ1) is 15.4. The van der Waals surface area contributed by atoms with Crippen molar-refractivity contribution >= 4 is 28.8 Å². The molecule has 0 spiro atoms. The van der Waals surface area contributed by atoms with Gasteiger partial charge in [0.25, 0.3) is 5.24 Å². The number of thioether (sulfide) groups is 1. The van der Waals surface area contributed by atoms with E-state index < -0.39 is 6.09 Å². The Morgan fingerprint density at radius 1 is 1.26 bits per heavy atom. The van der Waals surface area contributed by atoms with Crippen LogP contribution < -0.4 is 10.6 Å². The fraction of sp³-hybridized carbons (Fsp3) is 0.385. The summed E-state index contributed by atoms with van der Waals surface area (Å²) in [6, 6.07) is 7.20. The maximum Gasteiger partial charge on any atom is 0.407 e. The van der Waals surface area contributed by atoms with E-state index in [2.05, 4.69) is 10.6 Å². The summed E-state index contributed by atoms with van der Waals surface area (Å²) in [5.74, 6) is 0. The molecule has 0 fully saturated rings. The molecule has 5 nitrogen and oxygen atoms in total. The second-order valence-electron chi connectivity index (χ2n) is 4.19. The highest BCUT2D eigenvalue weighted by Crippen LogP contribution is 2.12. The smallest absolute Gasteiger partial charge is 0.407 e. The lowest BCUT2D eigenvalue weighted by molar-refractivity contribution is 0.137. The summed E-state index contributed by atoms with van der Waals surface area (Å²) in [6.45, 7) is 3.93. The van der Waals surface area contributed by atoms with Gasteiger partial charge in [-0.1, -0.05) is 23.9 Å². The molecule has 19 heavy (non-hydrogen) atoms. The number of ether oxygens (including phenoxy) is 1. The molecule has 0 aliphatic carbocycles. The summed E-state index contributed by atoms with van der Waals surface area (Å²) >= 11 is 1.12. The van der Waals surface area contributed by atoms with E-state index in [4.69, 9.17) is 4.74 Å². The normalized spacial score (nSPS) is 10.1. The van der Waals surface area contributed by atoms with Crippen molar-refractivity contribution in [3.8, 4) is 0 Å². The molecule has 0 saturated carbocycles. The molecule has 0 radical (unpaired) electrons. The number of hydrogen-bond donors (Lipinski definition) is 2. The summed E-state index contributed by atoms with van der Waals surface area (Å²) in [4.78, 5) is 22.4. The molecule has 0 aromatic heterocycles. The standard InChI is InChI=1S/C13H18N2O3S/c1-9(2)14-12(16)18-8-10-4-6-11(7-5-10)15-13(17)19-3/h4-7,9H,8H2,1-3H3,(H,14,16)(H,15,17). The van der Waals surface area contributed by atoms with Gasteiger partial charge in [-0.25, -0.2) is 4.79 Å². The second kappa shape index (κ2) is 7.68. The van der Waals surface area contributed by atoms with Gasteiger partial charge in [-0.05, 0) is 37.8 Å². The molecule has 0 heterocycles. The summed E-state index contributed by atoms with van der Waals surface area (Å²) < 4.78 is 5.04. The van der Waals surface area contributed by atoms with Gasteiger partial charge in [-0.2, -0.15) is 0 Å². The topological polar surface area (TPSA) is 67.4 Å². The first-order valence-corrected chi connectivity index (χ1v) is 7.11. The zero-order valence-corrected chi connectivity index (χ0v) is 12.0. The van der Waals surface area contributed by atoms with Gasteiger partial charge in [0.1, 0.15) is 6.61 Å². The lowest BCUT2D eigenvalue weighted by Crippen LogP contribution is -2.30. The third-order valence-electron chi connectivity index (χ3n) is 2.16. The Balaban J connectivity index is 2.44. The third kappa shape index (κ3) is 6.15. The van der Waals surface area contributed by atoms with Crippen LogP contribution in [0, 0.1) is 0 Å². The van der Waals surface area contributed by atoms with Crippen LogP contribution in [0.2, 0.25) is 0 Å². The number of hydrogen-bond acceptors (Lipinski definition) is 4. The van der Waals surface area contributed by atoms with Crippen LogP contribution >= 0.6 is 11.8 Å². The van der Waals surface area contributed by atoms with Gasteiger partial charge < -0.3 is 15.4 Å². The van der Waals surface area contributed by atoms with Crippen LogP contribution in [-0.2, 0) is 11.3 Å². The molecule has 2 amide bonds.